The van der Waals surface area contributed by atoms with Gasteiger partial charge in [-0.1, -0.05) is 18.2 Å². The predicted octanol–water partition coefficient (Wildman–Crippen LogP) is 3.95. The molecule has 2 aromatic rings. The topological polar surface area (TPSA) is 21.3 Å². The van der Waals surface area contributed by atoms with Gasteiger partial charge in [0.15, 0.2) is 0 Å². The summed E-state index contributed by atoms with van der Waals surface area (Å²) in [6, 6.07) is 11.0. The third-order valence-corrected chi connectivity index (χ3v) is 3.95. The summed E-state index contributed by atoms with van der Waals surface area (Å²) in [4.78, 5) is 0. The van der Waals surface area contributed by atoms with Gasteiger partial charge in [-0.2, -0.15) is 13.2 Å². The van der Waals surface area contributed by atoms with Crippen molar-refractivity contribution in [1.29, 1.82) is 0 Å². The van der Waals surface area contributed by atoms with Crippen LogP contribution in [0.2, 0.25) is 0 Å². The molecule has 0 aromatic heterocycles. The van der Waals surface area contributed by atoms with Crippen LogP contribution in [0.3, 0.4) is 0 Å². The van der Waals surface area contributed by atoms with Crippen LogP contribution in [0, 0.1) is 0 Å². The molecule has 0 radical (unpaired) electrons. The summed E-state index contributed by atoms with van der Waals surface area (Å²) in [5.41, 5.74) is 2.13. The van der Waals surface area contributed by atoms with Crippen molar-refractivity contribution in [3.05, 3.63) is 64.7 Å². The third-order valence-electron chi connectivity index (χ3n) is 3.95. The zero-order chi connectivity index (χ0) is 15.7. The molecule has 0 saturated heterocycles. The molecule has 1 aliphatic heterocycles. The van der Waals surface area contributed by atoms with Gasteiger partial charge in [-0.05, 0) is 47.4 Å². The lowest BCUT2D eigenvalue weighted by Gasteiger charge is -2.28. The largest absolute Gasteiger partial charge is 0.497 e. The van der Waals surface area contributed by atoms with Crippen LogP contribution in [0.1, 0.15) is 28.3 Å². The molecule has 1 heterocycles. The lowest BCUT2D eigenvalue weighted by Crippen LogP contribution is -2.30. The van der Waals surface area contributed by atoms with E-state index in [0.29, 0.717) is 5.56 Å². The van der Waals surface area contributed by atoms with Gasteiger partial charge in [0.2, 0.25) is 0 Å². The monoisotopic (exact) mass is 307 g/mol. The molecule has 0 spiro atoms. The Morgan fingerprint density at radius 2 is 1.95 bits per heavy atom. The van der Waals surface area contributed by atoms with E-state index in [9.17, 15) is 13.2 Å². The van der Waals surface area contributed by atoms with E-state index in [-0.39, 0.29) is 6.04 Å². The summed E-state index contributed by atoms with van der Waals surface area (Å²) in [6.45, 7) is 0.723. The SMILES string of the molecule is COc1ccc2c(c1)CCNC2c1cccc(C(F)(F)F)c1. The van der Waals surface area contributed by atoms with E-state index < -0.39 is 11.7 Å². The number of benzene rings is 2. The van der Waals surface area contributed by atoms with E-state index in [1.54, 1.807) is 13.2 Å². The zero-order valence-electron chi connectivity index (χ0n) is 12.1. The van der Waals surface area contributed by atoms with Gasteiger partial charge in [-0.25, -0.2) is 0 Å². The maximum absolute atomic E-state index is 12.9. The molecule has 2 nitrogen and oxygen atoms in total. The third kappa shape index (κ3) is 2.81. The minimum absolute atomic E-state index is 0.225. The molecular formula is C17H16F3NO. The first kappa shape index (κ1) is 14.9. The van der Waals surface area contributed by atoms with Crippen LogP contribution in [-0.2, 0) is 12.6 Å². The summed E-state index contributed by atoms with van der Waals surface area (Å²) in [7, 11) is 1.60. The Bertz CT molecular complexity index is 682. The van der Waals surface area contributed by atoms with Crippen LogP contribution in [0.5, 0.6) is 5.75 Å². The molecule has 0 saturated carbocycles. The maximum atomic E-state index is 12.9. The molecule has 1 atom stereocenters. The highest BCUT2D eigenvalue weighted by molar-refractivity contribution is 5.44. The molecule has 116 valence electrons. The lowest BCUT2D eigenvalue weighted by atomic mass is 9.89. The maximum Gasteiger partial charge on any atom is 0.416 e. The number of ether oxygens (including phenoxy) is 1. The van der Waals surface area contributed by atoms with E-state index >= 15 is 0 Å². The first-order valence-electron chi connectivity index (χ1n) is 7.06. The minimum Gasteiger partial charge on any atom is -0.497 e. The van der Waals surface area contributed by atoms with Gasteiger partial charge in [-0.3, -0.25) is 0 Å². The Morgan fingerprint density at radius 1 is 1.14 bits per heavy atom. The first-order chi connectivity index (χ1) is 10.5. The Hall–Kier alpha value is -2.01. The van der Waals surface area contributed by atoms with Gasteiger partial charge in [0.25, 0.3) is 0 Å². The van der Waals surface area contributed by atoms with Gasteiger partial charge in [0.1, 0.15) is 5.75 Å². The highest BCUT2D eigenvalue weighted by Gasteiger charge is 2.31. The summed E-state index contributed by atoms with van der Waals surface area (Å²) in [6.07, 6.45) is -3.49. The molecule has 1 unspecified atom stereocenters. The number of nitrogens with one attached hydrogen (secondary N) is 1. The molecule has 0 fully saturated rings. The number of alkyl halides is 3. The zero-order valence-corrected chi connectivity index (χ0v) is 12.1. The first-order valence-corrected chi connectivity index (χ1v) is 7.06. The van der Waals surface area contributed by atoms with Crippen LogP contribution in [0.25, 0.3) is 0 Å². The molecule has 22 heavy (non-hydrogen) atoms. The van der Waals surface area contributed by atoms with Gasteiger partial charge >= 0.3 is 6.18 Å². The van der Waals surface area contributed by atoms with Crippen LogP contribution in [0.4, 0.5) is 13.2 Å². The average molecular weight is 307 g/mol. The second-order valence-corrected chi connectivity index (χ2v) is 5.33. The Kier molecular flexibility index (Phi) is 3.83. The van der Waals surface area contributed by atoms with Crippen molar-refractivity contribution < 1.29 is 17.9 Å². The minimum atomic E-state index is -4.33. The van der Waals surface area contributed by atoms with E-state index in [1.165, 1.54) is 12.1 Å². The van der Waals surface area contributed by atoms with Gasteiger partial charge in [0, 0.05) is 6.54 Å². The second-order valence-electron chi connectivity index (χ2n) is 5.33. The normalized spacial score (nSPS) is 17.9. The number of hydrogen-bond donors (Lipinski definition) is 1. The molecule has 0 aliphatic carbocycles. The summed E-state index contributed by atoms with van der Waals surface area (Å²) < 4.78 is 43.9. The smallest absolute Gasteiger partial charge is 0.416 e. The van der Waals surface area contributed by atoms with Crippen molar-refractivity contribution in [2.45, 2.75) is 18.6 Å². The fourth-order valence-corrected chi connectivity index (χ4v) is 2.86. The number of fused-ring (bicyclic) bond motifs is 1. The number of hydrogen-bond acceptors (Lipinski definition) is 2. The van der Waals surface area contributed by atoms with Crippen molar-refractivity contribution in [2.75, 3.05) is 13.7 Å². The van der Waals surface area contributed by atoms with E-state index in [1.807, 2.05) is 18.2 Å². The lowest BCUT2D eigenvalue weighted by molar-refractivity contribution is -0.137. The van der Waals surface area contributed by atoms with Crippen molar-refractivity contribution in [1.82, 2.24) is 5.32 Å². The summed E-state index contributed by atoms with van der Waals surface area (Å²) in [5.74, 6) is 0.767. The summed E-state index contributed by atoms with van der Waals surface area (Å²) >= 11 is 0. The average Bonchev–Trinajstić information content (AvgIpc) is 2.53. The molecule has 5 heteroatoms. The van der Waals surface area contributed by atoms with E-state index in [2.05, 4.69) is 5.32 Å². The Labute approximate surface area is 126 Å². The van der Waals surface area contributed by atoms with E-state index in [0.717, 1.165) is 35.9 Å². The van der Waals surface area contributed by atoms with Crippen LogP contribution < -0.4 is 10.1 Å². The highest BCUT2D eigenvalue weighted by Crippen LogP contribution is 2.35. The number of halogens is 3. The number of rotatable bonds is 2. The Balaban J connectivity index is 2.01. The Morgan fingerprint density at radius 3 is 2.68 bits per heavy atom. The van der Waals surface area contributed by atoms with Crippen molar-refractivity contribution in [3.8, 4) is 5.75 Å². The fourth-order valence-electron chi connectivity index (χ4n) is 2.86. The highest BCUT2D eigenvalue weighted by atomic mass is 19.4. The molecule has 0 bridgehead atoms. The fraction of sp³-hybridized carbons (Fsp3) is 0.294. The van der Waals surface area contributed by atoms with Gasteiger partial charge in [-0.15, -0.1) is 0 Å². The molecule has 3 rings (SSSR count). The van der Waals surface area contributed by atoms with Crippen LogP contribution >= 0.6 is 0 Å². The molecule has 0 amide bonds. The molecule has 1 N–H and O–H groups in total. The van der Waals surface area contributed by atoms with Gasteiger partial charge < -0.3 is 10.1 Å². The molecular weight excluding hydrogens is 291 g/mol. The van der Waals surface area contributed by atoms with Crippen molar-refractivity contribution in [2.24, 2.45) is 0 Å². The number of methoxy groups -OCH3 is 1. The second kappa shape index (κ2) is 5.65. The van der Waals surface area contributed by atoms with Crippen molar-refractivity contribution in [3.63, 3.8) is 0 Å². The van der Waals surface area contributed by atoms with Crippen LogP contribution in [-0.4, -0.2) is 13.7 Å². The van der Waals surface area contributed by atoms with Crippen LogP contribution in [0.15, 0.2) is 42.5 Å². The molecule has 1 aliphatic rings. The molecule has 2 aromatic carbocycles. The quantitative estimate of drug-likeness (QED) is 0.907. The predicted molar refractivity (Wildman–Crippen MR) is 78.0 cm³/mol. The van der Waals surface area contributed by atoms with E-state index in [4.69, 9.17) is 4.74 Å². The summed E-state index contributed by atoms with van der Waals surface area (Å²) in [5, 5.41) is 3.30. The van der Waals surface area contributed by atoms with Crippen molar-refractivity contribution >= 4 is 0 Å². The standard InChI is InChI=1S/C17H16F3NO/c1-22-14-5-6-15-11(10-14)7-8-21-16(15)12-3-2-4-13(9-12)17(18,19)20/h2-6,9-10,16,21H,7-8H2,1H3. The van der Waals surface area contributed by atoms with Gasteiger partial charge in [0.05, 0.1) is 18.7 Å².